The van der Waals surface area contributed by atoms with Crippen LogP contribution in [0.3, 0.4) is 0 Å². The van der Waals surface area contributed by atoms with Crippen LogP contribution in [-0.4, -0.2) is 31.2 Å². The molecule has 5 heteroatoms. The van der Waals surface area contributed by atoms with E-state index in [4.69, 9.17) is 0 Å². The van der Waals surface area contributed by atoms with Crippen LogP contribution in [0.4, 0.5) is 13.6 Å². The second-order valence-corrected chi connectivity index (χ2v) is 6.04. The average molecular weight is 281 g/mol. The van der Waals surface area contributed by atoms with Crippen LogP contribution in [-0.2, 0) is 11.2 Å². The van der Waals surface area contributed by atoms with Crippen LogP contribution in [0, 0.1) is 23.0 Å². The molecule has 0 aromatic heterocycles. The SMILES string of the molecule is COC(=O)N1CC2(CC(Cc3ccc(F)cc3F)C2)C1. The molecule has 1 heterocycles. The Balaban J connectivity index is 1.51. The van der Waals surface area contributed by atoms with E-state index in [0.717, 1.165) is 32.0 Å². The van der Waals surface area contributed by atoms with Crippen LogP contribution >= 0.6 is 0 Å². The van der Waals surface area contributed by atoms with Crippen molar-refractivity contribution in [3.05, 3.63) is 35.4 Å². The summed E-state index contributed by atoms with van der Waals surface area (Å²) in [5, 5.41) is 0. The number of carbonyl (C=O) groups excluding carboxylic acids is 1. The Morgan fingerprint density at radius 1 is 1.40 bits per heavy atom. The lowest BCUT2D eigenvalue weighted by Crippen LogP contribution is -2.63. The fourth-order valence-corrected chi connectivity index (χ4v) is 3.59. The van der Waals surface area contributed by atoms with Crippen molar-refractivity contribution in [3.8, 4) is 0 Å². The maximum Gasteiger partial charge on any atom is 0.409 e. The first-order chi connectivity index (χ1) is 9.51. The average Bonchev–Trinajstić information content (AvgIpc) is 2.32. The molecular weight excluding hydrogens is 264 g/mol. The van der Waals surface area contributed by atoms with Gasteiger partial charge in [-0.1, -0.05) is 6.07 Å². The summed E-state index contributed by atoms with van der Waals surface area (Å²) in [4.78, 5) is 13.0. The zero-order valence-corrected chi connectivity index (χ0v) is 11.4. The number of halogens is 2. The molecule has 1 spiro atoms. The lowest BCUT2D eigenvalue weighted by atomic mass is 9.56. The fraction of sp³-hybridized carbons (Fsp3) is 0.533. The molecule has 1 saturated heterocycles. The smallest absolute Gasteiger partial charge is 0.409 e. The predicted octanol–water partition coefficient (Wildman–Crippen LogP) is 2.99. The minimum absolute atomic E-state index is 0.218. The molecule has 1 aliphatic heterocycles. The molecule has 3 rings (SSSR count). The summed E-state index contributed by atoms with van der Waals surface area (Å²) >= 11 is 0. The molecule has 1 aliphatic carbocycles. The van der Waals surface area contributed by atoms with Crippen molar-refractivity contribution in [2.45, 2.75) is 19.3 Å². The maximum absolute atomic E-state index is 13.6. The summed E-state index contributed by atoms with van der Waals surface area (Å²) in [5.41, 5.74) is 0.797. The number of benzene rings is 1. The highest BCUT2D eigenvalue weighted by molar-refractivity contribution is 5.68. The molecule has 3 nitrogen and oxygen atoms in total. The van der Waals surface area contributed by atoms with Gasteiger partial charge in [0, 0.05) is 24.6 Å². The summed E-state index contributed by atoms with van der Waals surface area (Å²) < 4.78 is 31.1. The topological polar surface area (TPSA) is 29.5 Å². The molecule has 20 heavy (non-hydrogen) atoms. The number of hydrogen-bond donors (Lipinski definition) is 0. The van der Waals surface area contributed by atoms with Gasteiger partial charge in [0.2, 0.25) is 0 Å². The molecule has 1 aromatic rings. The number of likely N-dealkylation sites (tertiary alicyclic amines) is 1. The first-order valence-corrected chi connectivity index (χ1v) is 6.78. The van der Waals surface area contributed by atoms with Gasteiger partial charge in [-0.2, -0.15) is 0 Å². The molecule has 0 bridgehead atoms. The Morgan fingerprint density at radius 2 is 2.10 bits per heavy atom. The highest BCUT2D eigenvalue weighted by atomic mass is 19.1. The van der Waals surface area contributed by atoms with Crippen LogP contribution in [0.5, 0.6) is 0 Å². The van der Waals surface area contributed by atoms with Crippen molar-refractivity contribution in [3.63, 3.8) is 0 Å². The summed E-state index contributed by atoms with van der Waals surface area (Å²) in [6.07, 6.45) is 2.37. The highest BCUT2D eigenvalue weighted by Gasteiger charge is 2.53. The van der Waals surface area contributed by atoms with Gasteiger partial charge in [0.15, 0.2) is 0 Å². The number of hydrogen-bond acceptors (Lipinski definition) is 2. The molecule has 1 amide bonds. The molecule has 2 aliphatic rings. The first-order valence-electron chi connectivity index (χ1n) is 6.78. The number of nitrogens with zero attached hydrogens (tertiary/aromatic N) is 1. The van der Waals surface area contributed by atoms with E-state index in [1.165, 1.54) is 19.2 Å². The van der Waals surface area contributed by atoms with Gasteiger partial charge in [-0.15, -0.1) is 0 Å². The van der Waals surface area contributed by atoms with Gasteiger partial charge in [-0.25, -0.2) is 13.6 Å². The van der Waals surface area contributed by atoms with E-state index in [9.17, 15) is 13.6 Å². The van der Waals surface area contributed by atoms with Crippen LogP contribution in [0.2, 0.25) is 0 Å². The predicted molar refractivity (Wildman–Crippen MR) is 69.2 cm³/mol. The van der Waals surface area contributed by atoms with Crippen molar-refractivity contribution >= 4 is 6.09 Å². The van der Waals surface area contributed by atoms with Gasteiger partial charge >= 0.3 is 6.09 Å². The molecular formula is C15H17F2NO2. The van der Waals surface area contributed by atoms with Crippen molar-refractivity contribution < 1.29 is 18.3 Å². The van der Waals surface area contributed by atoms with E-state index >= 15 is 0 Å². The van der Waals surface area contributed by atoms with Gasteiger partial charge in [-0.3, -0.25) is 0 Å². The summed E-state index contributed by atoms with van der Waals surface area (Å²) in [5.74, 6) is -0.574. The lowest BCUT2D eigenvalue weighted by Gasteiger charge is -2.58. The van der Waals surface area contributed by atoms with E-state index in [2.05, 4.69) is 4.74 Å². The second kappa shape index (κ2) is 4.72. The standard InChI is InChI=1S/C15H17F2NO2/c1-20-14(19)18-8-15(9-18)6-10(7-15)4-11-2-3-12(16)5-13(11)17/h2-3,5,10H,4,6-9H2,1H3. The third-order valence-electron chi connectivity index (χ3n) is 4.45. The van der Waals surface area contributed by atoms with E-state index in [-0.39, 0.29) is 11.5 Å². The third kappa shape index (κ3) is 2.25. The normalized spacial score (nSPS) is 20.4. The Hall–Kier alpha value is -1.65. The molecule has 0 N–H and O–H groups in total. The Kier molecular flexibility index (Phi) is 3.15. The van der Waals surface area contributed by atoms with Gasteiger partial charge in [0.05, 0.1) is 7.11 Å². The van der Waals surface area contributed by atoms with E-state index < -0.39 is 11.6 Å². The van der Waals surface area contributed by atoms with Crippen LogP contribution in [0.1, 0.15) is 18.4 Å². The van der Waals surface area contributed by atoms with Gasteiger partial charge in [0.25, 0.3) is 0 Å². The molecule has 0 atom stereocenters. The largest absolute Gasteiger partial charge is 0.453 e. The molecule has 1 aromatic carbocycles. The number of rotatable bonds is 2. The van der Waals surface area contributed by atoms with Crippen LogP contribution in [0.25, 0.3) is 0 Å². The van der Waals surface area contributed by atoms with Crippen molar-refractivity contribution in [1.82, 2.24) is 4.90 Å². The number of methoxy groups -OCH3 is 1. The summed E-state index contributed by atoms with van der Waals surface area (Å²) in [7, 11) is 1.38. The van der Waals surface area contributed by atoms with E-state index in [1.54, 1.807) is 4.90 Å². The third-order valence-corrected chi connectivity index (χ3v) is 4.45. The summed E-state index contributed by atoms with van der Waals surface area (Å²) in [6, 6.07) is 3.76. The zero-order chi connectivity index (χ0) is 14.3. The van der Waals surface area contributed by atoms with Crippen LogP contribution in [0.15, 0.2) is 18.2 Å². The number of carbonyl (C=O) groups is 1. The zero-order valence-electron chi connectivity index (χ0n) is 11.4. The molecule has 0 radical (unpaired) electrons. The number of amides is 1. The van der Waals surface area contributed by atoms with Gasteiger partial charge < -0.3 is 9.64 Å². The summed E-state index contributed by atoms with van der Waals surface area (Å²) in [6.45, 7) is 1.48. The van der Waals surface area contributed by atoms with Crippen molar-refractivity contribution in [1.29, 1.82) is 0 Å². The fourth-order valence-electron chi connectivity index (χ4n) is 3.59. The molecule has 108 valence electrons. The number of ether oxygens (including phenoxy) is 1. The van der Waals surface area contributed by atoms with Crippen molar-refractivity contribution in [2.75, 3.05) is 20.2 Å². The van der Waals surface area contributed by atoms with E-state index in [0.29, 0.717) is 17.9 Å². The maximum atomic E-state index is 13.6. The minimum atomic E-state index is -0.538. The quantitative estimate of drug-likeness (QED) is 0.834. The van der Waals surface area contributed by atoms with Gasteiger partial charge in [0.1, 0.15) is 11.6 Å². The van der Waals surface area contributed by atoms with Crippen molar-refractivity contribution in [2.24, 2.45) is 11.3 Å². The highest BCUT2D eigenvalue weighted by Crippen LogP contribution is 2.53. The Morgan fingerprint density at radius 3 is 2.70 bits per heavy atom. The second-order valence-electron chi connectivity index (χ2n) is 6.04. The Labute approximate surface area is 116 Å². The lowest BCUT2D eigenvalue weighted by molar-refractivity contribution is -0.0820. The van der Waals surface area contributed by atoms with E-state index in [1.807, 2.05) is 0 Å². The molecule has 0 unspecified atom stereocenters. The Bertz CT molecular complexity index is 533. The molecule has 2 fully saturated rings. The van der Waals surface area contributed by atoms with Crippen LogP contribution < -0.4 is 0 Å². The first kappa shape index (κ1) is 13.3. The molecule has 1 saturated carbocycles. The minimum Gasteiger partial charge on any atom is -0.453 e. The van der Waals surface area contributed by atoms with Gasteiger partial charge in [-0.05, 0) is 36.8 Å². The monoisotopic (exact) mass is 281 g/mol.